The molecule has 1 spiro atoms. The van der Waals surface area contributed by atoms with Gasteiger partial charge in [0.05, 0.1) is 6.20 Å². The Bertz CT molecular complexity index is 533. The molecular weight excluding hydrogens is 298 g/mol. The highest BCUT2D eigenvalue weighted by Gasteiger charge is 2.57. The molecule has 0 aromatic carbocycles. The predicted molar refractivity (Wildman–Crippen MR) is 65.5 cm³/mol. The molecule has 8 heteroatoms. The topological polar surface area (TPSA) is 29.0 Å². The molecule has 2 heterocycles. The maximum absolute atomic E-state index is 13.5. The van der Waals surface area contributed by atoms with Crippen LogP contribution < -0.4 is 4.90 Å². The number of rotatable bonds is 2. The van der Waals surface area contributed by atoms with E-state index in [2.05, 4.69) is 9.97 Å². The standard InChI is InChI=1S/C12H12ClF4N3/c13-9-8(10(14)15)18-5-7(19-9)20-4-3-12(16,17)6-11(20)1-2-11/h5,10H,1-4,6H2. The third-order valence-corrected chi connectivity index (χ3v) is 4.19. The Labute approximate surface area is 118 Å². The van der Waals surface area contributed by atoms with Crippen molar-refractivity contribution in [3.05, 3.63) is 17.0 Å². The summed E-state index contributed by atoms with van der Waals surface area (Å²) in [6.07, 6.45) is -0.807. The van der Waals surface area contributed by atoms with Crippen molar-refractivity contribution in [2.45, 2.75) is 43.6 Å². The second kappa shape index (κ2) is 4.44. The van der Waals surface area contributed by atoms with E-state index < -0.39 is 23.6 Å². The fourth-order valence-corrected chi connectivity index (χ4v) is 2.99. The minimum absolute atomic E-state index is 0.131. The first kappa shape index (κ1) is 13.9. The van der Waals surface area contributed by atoms with E-state index in [9.17, 15) is 17.6 Å². The van der Waals surface area contributed by atoms with Gasteiger partial charge in [0.25, 0.3) is 12.3 Å². The predicted octanol–water partition coefficient (Wildman–Crippen LogP) is 3.84. The van der Waals surface area contributed by atoms with E-state index >= 15 is 0 Å². The summed E-state index contributed by atoms with van der Waals surface area (Å²) in [5.74, 6) is -2.37. The van der Waals surface area contributed by atoms with Crippen molar-refractivity contribution in [2.24, 2.45) is 0 Å². The van der Waals surface area contributed by atoms with Crippen molar-refractivity contribution in [1.82, 2.24) is 9.97 Å². The van der Waals surface area contributed by atoms with E-state index in [1.807, 2.05) is 0 Å². The van der Waals surface area contributed by atoms with Crippen LogP contribution in [0.4, 0.5) is 23.4 Å². The highest BCUT2D eigenvalue weighted by atomic mass is 35.5. The molecule has 3 rings (SSSR count). The lowest BCUT2D eigenvalue weighted by Gasteiger charge is -2.40. The van der Waals surface area contributed by atoms with Crippen LogP contribution >= 0.6 is 11.6 Å². The second-order valence-corrected chi connectivity index (χ2v) is 5.72. The molecule has 0 unspecified atom stereocenters. The van der Waals surface area contributed by atoms with Crippen LogP contribution in [0, 0.1) is 0 Å². The van der Waals surface area contributed by atoms with Crippen LogP contribution in [0.5, 0.6) is 0 Å². The van der Waals surface area contributed by atoms with Gasteiger partial charge >= 0.3 is 0 Å². The van der Waals surface area contributed by atoms with Crippen LogP contribution in [0.3, 0.4) is 0 Å². The molecule has 1 aliphatic heterocycles. The third kappa shape index (κ3) is 2.32. The first-order valence-corrected chi connectivity index (χ1v) is 6.67. The maximum atomic E-state index is 13.5. The summed E-state index contributed by atoms with van der Waals surface area (Å²) < 4.78 is 52.1. The molecule has 1 saturated heterocycles. The maximum Gasteiger partial charge on any atom is 0.283 e. The summed E-state index contributed by atoms with van der Waals surface area (Å²) in [4.78, 5) is 9.25. The van der Waals surface area contributed by atoms with Gasteiger partial charge in [-0.2, -0.15) is 0 Å². The molecule has 1 aliphatic carbocycles. The molecule has 0 atom stereocenters. The van der Waals surface area contributed by atoms with Crippen LogP contribution in [-0.2, 0) is 0 Å². The molecule has 0 N–H and O–H groups in total. The monoisotopic (exact) mass is 309 g/mol. The fraction of sp³-hybridized carbons (Fsp3) is 0.667. The second-order valence-electron chi connectivity index (χ2n) is 5.36. The molecule has 20 heavy (non-hydrogen) atoms. The van der Waals surface area contributed by atoms with Crippen molar-refractivity contribution in [3.63, 3.8) is 0 Å². The summed E-state index contributed by atoms with van der Waals surface area (Å²) >= 11 is 5.68. The highest BCUT2D eigenvalue weighted by molar-refractivity contribution is 6.30. The number of anilines is 1. The van der Waals surface area contributed by atoms with Crippen molar-refractivity contribution in [2.75, 3.05) is 11.4 Å². The average molecular weight is 310 g/mol. The number of nitrogens with zero attached hydrogens (tertiary/aromatic N) is 3. The van der Waals surface area contributed by atoms with E-state index in [0.717, 1.165) is 0 Å². The van der Waals surface area contributed by atoms with E-state index in [0.29, 0.717) is 18.7 Å². The molecule has 1 aromatic heterocycles. The number of piperidine rings is 1. The molecule has 3 nitrogen and oxygen atoms in total. The first-order valence-electron chi connectivity index (χ1n) is 6.29. The smallest absolute Gasteiger partial charge is 0.283 e. The van der Waals surface area contributed by atoms with Crippen LogP contribution in [0.2, 0.25) is 5.15 Å². The zero-order valence-electron chi connectivity index (χ0n) is 10.4. The molecule has 0 radical (unpaired) electrons. The van der Waals surface area contributed by atoms with Crippen molar-refractivity contribution in [3.8, 4) is 0 Å². The molecule has 0 bridgehead atoms. The van der Waals surface area contributed by atoms with Crippen LogP contribution in [0.1, 0.15) is 37.8 Å². The number of aromatic nitrogens is 2. The number of hydrogen-bond acceptors (Lipinski definition) is 3. The van der Waals surface area contributed by atoms with Gasteiger partial charge in [0, 0.05) is 24.9 Å². The average Bonchev–Trinajstić information content (AvgIpc) is 3.07. The minimum Gasteiger partial charge on any atom is -0.349 e. The van der Waals surface area contributed by atoms with Gasteiger partial charge in [-0.25, -0.2) is 27.5 Å². The lowest BCUT2D eigenvalue weighted by atomic mass is 9.96. The summed E-state index contributed by atoms with van der Waals surface area (Å²) in [6.45, 7) is 0.131. The van der Waals surface area contributed by atoms with Crippen molar-refractivity contribution >= 4 is 17.4 Å². The third-order valence-electron chi connectivity index (χ3n) is 3.92. The molecule has 2 fully saturated rings. The molecule has 1 saturated carbocycles. The minimum atomic E-state index is -2.80. The van der Waals surface area contributed by atoms with Crippen LogP contribution in [-0.4, -0.2) is 28.0 Å². The van der Waals surface area contributed by atoms with Gasteiger partial charge in [-0.05, 0) is 12.8 Å². The van der Waals surface area contributed by atoms with Gasteiger partial charge in [0.2, 0.25) is 0 Å². The van der Waals surface area contributed by atoms with Gasteiger partial charge in [0.15, 0.2) is 5.15 Å². The highest BCUT2D eigenvalue weighted by Crippen LogP contribution is 2.53. The van der Waals surface area contributed by atoms with Crippen molar-refractivity contribution < 1.29 is 17.6 Å². The number of hydrogen-bond donors (Lipinski definition) is 0. The zero-order chi connectivity index (χ0) is 14.5. The first-order chi connectivity index (χ1) is 9.33. The van der Waals surface area contributed by atoms with Gasteiger partial charge in [-0.3, -0.25) is 0 Å². The van der Waals surface area contributed by atoms with Gasteiger partial charge in [0.1, 0.15) is 11.5 Å². The lowest BCUT2D eigenvalue weighted by molar-refractivity contribution is -0.0375. The SMILES string of the molecule is FC(F)c1ncc(N2CCC(F)(F)CC23CC3)nc1Cl. The zero-order valence-corrected chi connectivity index (χ0v) is 11.2. The van der Waals surface area contributed by atoms with E-state index in [-0.39, 0.29) is 24.5 Å². The summed E-state index contributed by atoms with van der Waals surface area (Å²) in [5.41, 5.74) is -1.19. The molecular formula is C12H12ClF4N3. The van der Waals surface area contributed by atoms with Gasteiger partial charge in [-0.15, -0.1) is 0 Å². The Morgan fingerprint density at radius 1 is 1.25 bits per heavy atom. The summed E-state index contributed by atoms with van der Waals surface area (Å²) in [5, 5.41) is -0.370. The summed E-state index contributed by atoms with van der Waals surface area (Å²) in [6, 6.07) is 0. The van der Waals surface area contributed by atoms with Gasteiger partial charge in [-0.1, -0.05) is 11.6 Å². The Hall–Kier alpha value is -1.11. The Morgan fingerprint density at radius 3 is 2.50 bits per heavy atom. The normalized spacial score (nSPS) is 23.4. The molecule has 1 aromatic rings. The Balaban J connectivity index is 1.88. The Morgan fingerprint density at radius 2 is 1.95 bits per heavy atom. The number of halogens is 5. The fourth-order valence-electron chi connectivity index (χ4n) is 2.77. The van der Waals surface area contributed by atoms with E-state index in [1.54, 1.807) is 4.90 Å². The van der Waals surface area contributed by atoms with Gasteiger partial charge < -0.3 is 4.90 Å². The lowest BCUT2D eigenvalue weighted by Crippen LogP contribution is -2.49. The Kier molecular flexibility index (Phi) is 3.08. The van der Waals surface area contributed by atoms with E-state index in [1.165, 1.54) is 6.20 Å². The summed E-state index contributed by atoms with van der Waals surface area (Å²) in [7, 11) is 0. The van der Waals surface area contributed by atoms with Crippen LogP contribution in [0.25, 0.3) is 0 Å². The molecule has 110 valence electrons. The van der Waals surface area contributed by atoms with E-state index in [4.69, 9.17) is 11.6 Å². The van der Waals surface area contributed by atoms with Crippen molar-refractivity contribution in [1.29, 1.82) is 0 Å². The quantitative estimate of drug-likeness (QED) is 0.777. The van der Waals surface area contributed by atoms with Crippen LogP contribution in [0.15, 0.2) is 6.20 Å². The largest absolute Gasteiger partial charge is 0.349 e. The molecule has 2 aliphatic rings. The number of alkyl halides is 4. The molecule has 0 amide bonds.